The maximum Gasteiger partial charge on any atom is 0.253 e. The SMILES string of the molecule is NC(Cc1csc2ccccc12)C(F)F. The lowest BCUT2D eigenvalue weighted by Crippen LogP contribution is -2.30. The van der Waals surface area contributed by atoms with E-state index in [0.29, 0.717) is 0 Å². The maximum atomic E-state index is 12.3. The zero-order valence-corrected chi connectivity index (χ0v) is 8.81. The average Bonchev–Trinajstić information content (AvgIpc) is 2.62. The second-order valence-electron chi connectivity index (χ2n) is 3.46. The summed E-state index contributed by atoms with van der Waals surface area (Å²) in [5.74, 6) is 0. The third-order valence-corrected chi connectivity index (χ3v) is 3.35. The smallest absolute Gasteiger partial charge is 0.253 e. The molecule has 0 fully saturated rings. The summed E-state index contributed by atoms with van der Waals surface area (Å²) in [5, 5.41) is 2.95. The van der Waals surface area contributed by atoms with E-state index in [1.165, 1.54) is 0 Å². The molecule has 1 atom stereocenters. The number of thiophene rings is 1. The molecular formula is C11H11F2NS. The summed E-state index contributed by atoms with van der Waals surface area (Å²) >= 11 is 1.57. The Morgan fingerprint density at radius 1 is 1.27 bits per heavy atom. The van der Waals surface area contributed by atoms with Crippen molar-refractivity contribution in [3.63, 3.8) is 0 Å². The van der Waals surface area contributed by atoms with Gasteiger partial charge < -0.3 is 5.73 Å². The first-order chi connectivity index (χ1) is 7.18. The van der Waals surface area contributed by atoms with Crippen molar-refractivity contribution in [1.82, 2.24) is 0 Å². The largest absolute Gasteiger partial charge is 0.323 e. The minimum atomic E-state index is -2.45. The minimum Gasteiger partial charge on any atom is -0.323 e. The van der Waals surface area contributed by atoms with Crippen molar-refractivity contribution >= 4 is 21.4 Å². The molecule has 15 heavy (non-hydrogen) atoms. The first-order valence-electron chi connectivity index (χ1n) is 4.67. The van der Waals surface area contributed by atoms with Gasteiger partial charge in [0.05, 0.1) is 6.04 Å². The Labute approximate surface area is 90.5 Å². The van der Waals surface area contributed by atoms with E-state index < -0.39 is 12.5 Å². The molecule has 1 nitrogen and oxygen atoms in total. The van der Waals surface area contributed by atoms with Gasteiger partial charge >= 0.3 is 0 Å². The van der Waals surface area contributed by atoms with Crippen LogP contribution < -0.4 is 5.73 Å². The summed E-state index contributed by atoms with van der Waals surface area (Å²) in [4.78, 5) is 0. The van der Waals surface area contributed by atoms with Crippen LogP contribution in [0.3, 0.4) is 0 Å². The summed E-state index contributed by atoms with van der Waals surface area (Å²) < 4.78 is 25.7. The van der Waals surface area contributed by atoms with E-state index >= 15 is 0 Å². The van der Waals surface area contributed by atoms with Gasteiger partial charge in [-0.2, -0.15) is 0 Å². The predicted octanol–water partition coefficient (Wildman–Crippen LogP) is 3.04. The molecule has 1 heterocycles. The van der Waals surface area contributed by atoms with Gasteiger partial charge in [0.25, 0.3) is 6.43 Å². The molecule has 0 amide bonds. The molecule has 4 heteroatoms. The van der Waals surface area contributed by atoms with Crippen molar-refractivity contribution in [3.05, 3.63) is 35.2 Å². The number of alkyl halides is 2. The molecule has 0 aliphatic rings. The standard InChI is InChI=1S/C11H11F2NS/c12-11(13)9(14)5-7-6-15-10-4-2-1-3-8(7)10/h1-4,6,9,11H,5,14H2. The highest BCUT2D eigenvalue weighted by Crippen LogP contribution is 2.26. The minimum absolute atomic E-state index is 0.238. The van der Waals surface area contributed by atoms with E-state index in [1.54, 1.807) is 11.3 Å². The van der Waals surface area contributed by atoms with Gasteiger partial charge in [-0.15, -0.1) is 11.3 Å². The third-order valence-electron chi connectivity index (χ3n) is 2.34. The van der Waals surface area contributed by atoms with Crippen molar-refractivity contribution in [1.29, 1.82) is 0 Å². The number of hydrogen-bond acceptors (Lipinski definition) is 2. The fourth-order valence-corrected chi connectivity index (χ4v) is 2.51. The molecule has 1 aromatic carbocycles. The highest BCUT2D eigenvalue weighted by molar-refractivity contribution is 7.17. The number of benzene rings is 1. The summed E-state index contributed by atoms with van der Waals surface area (Å²) in [6.45, 7) is 0. The highest BCUT2D eigenvalue weighted by atomic mass is 32.1. The number of rotatable bonds is 3. The van der Waals surface area contributed by atoms with Gasteiger partial charge in [0.15, 0.2) is 0 Å². The third kappa shape index (κ3) is 2.16. The van der Waals surface area contributed by atoms with Crippen LogP contribution in [0.15, 0.2) is 29.6 Å². The molecule has 1 unspecified atom stereocenters. The first kappa shape index (κ1) is 10.5. The van der Waals surface area contributed by atoms with Gasteiger partial charge in [-0.05, 0) is 28.8 Å². The molecule has 0 aliphatic heterocycles. The van der Waals surface area contributed by atoms with Crippen LogP contribution in [0.1, 0.15) is 5.56 Å². The molecule has 1 aromatic heterocycles. The molecule has 0 spiro atoms. The quantitative estimate of drug-likeness (QED) is 0.857. The Balaban J connectivity index is 2.29. The van der Waals surface area contributed by atoms with Crippen LogP contribution in [0.5, 0.6) is 0 Å². The molecule has 0 saturated heterocycles. The van der Waals surface area contributed by atoms with Gasteiger partial charge in [-0.25, -0.2) is 8.78 Å². The van der Waals surface area contributed by atoms with Crippen LogP contribution >= 0.6 is 11.3 Å². The Kier molecular flexibility index (Phi) is 2.98. The molecular weight excluding hydrogens is 216 g/mol. The van der Waals surface area contributed by atoms with E-state index in [0.717, 1.165) is 15.6 Å². The van der Waals surface area contributed by atoms with Crippen LogP contribution in [-0.4, -0.2) is 12.5 Å². The Morgan fingerprint density at radius 2 is 2.00 bits per heavy atom. The summed E-state index contributed by atoms with van der Waals surface area (Å²) in [5.41, 5.74) is 6.27. The van der Waals surface area contributed by atoms with Crippen molar-refractivity contribution in [2.45, 2.75) is 18.9 Å². The summed E-state index contributed by atoms with van der Waals surface area (Å²) in [6, 6.07) is 6.71. The molecule has 0 saturated carbocycles. The monoisotopic (exact) mass is 227 g/mol. The van der Waals surface area contributed by atoms with Crippen LogP contribution in [0.2, 0.25) is 0 Å². The molecule has 80 valence electrons. The molecule has 2 rings (SSSR count). The van der Waals surface area contributed by atoms with Gasteiger partial charge in [0, 0.05) is 4.70 Å². The van der Waals surface area contributed by atoms with E-state index in [2.05, 4.69) is 0 Å². The first-order valence-corrected chi connectivity index (χ1v) is 5.55. The summed E-state index contributed by atoms with van der Waals surface area (Å²) in [7, 11) is 0. The van der Waals surface area contributed by atoms with Crippen LogP contribution in [0.25, 0.3) is 10.1 Å². The van der Waals surface area contributed by atoms with Gasteiger partial charge in [0.2, 0.25) is 0 Å². The molecule has 0 bridgehead atoms. The zero-order chi connectivity index (χ0) is 10.8. The Bertz CT molecular complexity index is 453. The Morgan fingerprint density at radius 3 is 2.73 bits per heavy atom. The fourth-order valence-electron chi connectivity index (χ4n) is 1.53. The zero-order valence-electron chi connectivity index (χ0n) is 7.99. The van der Waals surface area contributed by atoms with Crippen molar-refractivity contribution in [3.8, 4) is 0 Å². The van der Waals surface area contributed by atoms with E-state index in [-0.39, 0.29) is 6.42 Å². The lowest BCUT2D eigenvalue weighted by atomic mass is 10.1. The summed E-state index contributed by atoms with van der Waals surface area (Å²) in [6.07, 6.45) is -2.22. The van der Waals surface area contributed by atoms with E-state index in [4.69, 9.17) is 5.73 Å². The lowest BCUT2D eigenvalue weighted by Gasteiger charge is -2.08. The Hall–Kier alpha value is -1.00. The van der Waals surface area contributed by atoms with Crippen LogP contribution in [0, 0.1) is 0 Å². The lowest BCUT2D eigenvalue weighted by molar-refractivity contribution is 0.116. The van der Waals surface area contributed by atoms with Gasteiger partial charge in [-0.1, -0.05) is 18.2 Å². The molecule has 0 radical (unpaired) electrons. The van der Waals surface area contributed by atoms with Crippen LogP contribution in [0.4, 0.5) is 8.78 Å². The number of hydrogen-bond donors (Lipinski definition) is 1. The second-order valence-corrected chi connectivity index (χ2v) is 4.37. The number of fused-ring (bicyclic) bond motifs is 1. The maximum absolute atomic E-state index is 12.3. The highest BCUT2D eigenvalue weighted by Gasteiger charge is 2.17. The van der Waals surface area contributed by atoms with Crippen molar-refractivity contribution in [2.75, 3.05) is 0 Å². The van der Waals surface area contributed by atoms with Gasteiger partial charge in [0.1, 0.15) is 0 Å². The van der Waals surface area contributed by atoms with Gasteiger partial charge in [-0.3, -0.25) is 0 Å². The molecule has 2 N–H and O–H groups in total. The number of halogens is 2. The van der Waals surface area contributed by atoms with E-state index in [9.17, 15) is 8.78 Å². The van der Waals surface area contributed by atoms with Crippen molar-refractivity contribution < 1.29 is 8.78 Å². The molecule has 2 aromatic rings. The average molecular weight is 227 g/mol. The fraction of sp³-hybridized carbons (Fsp3) is 0.273. The van der Waals surface area contributed by atoms with Crippen LogP contribution in [-0.2, 0) is 6.42 Å². The predicted molar refractivity (Wildman–Crippen MR) is 59.5 cm³/mol. The van der Waals surface area contributed by atoms with E-state index in [1.807, 2.05) is 29.6 Å². The topological polar surface area (TPSA) is 26.0 Å². The van der Waals surface area contributed by atoms with Crippen molar-refractivity contribution in [2.24, 2.45) is 5.73 Å². The second kappa shape index (κ2) is 4.24. The normalized spacial score (nSPS) is 13.6. The number of nitrogens with two attached hydrogens (primary N) is 1. The molecule has 0 aliphatic carbocycles.